The van der Waals surface area contributed by atoms with E-state index in [-0.39, 0.29) is 28.3 Å². The summed E-state index contributed by atoms with van der Waals surface area (Å²) in [5, 5.41) is 0. The van der Waals surface area contributed by atoms with Crippen LogP contribution in [-0.2, 0) is 20.4 Å². The van der Waals surface area contributed by atoms with E-state index in [0.717, 1.165) is 11.3 Å². The number of hydrogen-bond acceptors (Lipinski definition) is 0. The Morgan fingerprint density at radius 1 is 1.00 bits per heavy atom. The molecular formula is C12H23PPd. The fourth-order valence-electron chi connectivity index (χ4n) is 1.39. The Balaban J connectivity index is 0. The van der Waals surface area contributed by atoms with Crippen LogP contribution in [-0.4, -0.2) is 17.5 Å². The molecule has 0 saturated carbocycles. The molecule has 0 heterocycles. The van der Waals surface area contributed by atoms with E-state index in [4.69, 9.17) is 0 Å². The first-order valence-electron chi connectivity index (χ1n) is 5.13. The van der Waals surface area contributed by atoms with Gasteiger partial charge in [0.1, 0.15) is 0 Å². The van der Waals surface area contributed by atoms with Crippen LogP contribution in [0.3, 0.4) is 0 Å². The van der Waals surface area contributed by atoms with E-state index in [2.05, 4.69) is 58.9 Å². The zero-order valence-electron chi connectivity index (χ0n) is 9.93. The van der Waals surface area contributed by atoms with Crippen LogP contribution in [0.5, 0.6) is 0 Å². The van der Waals surface area contributed by atoms with Crippen molar-refractivity contribution in [1.29, 1.82) is 0 Å². The van der Waals surface area contributed by atoms with Crippen LogP contribution in [0, 0.1) is 0 Å². The third-order valence-corrected chi connectivity index (χ3v) is 5.37. The van der Waals surface area contributed by atoms with Crippen molar-refractivity contribution < 1.29 is 20.4 Å². The van der Waals surface area contributed by atoms with Crippen molar-refractivity contribution in [3.05, 3.63) is 24.3 Å². The largest absolute Gasteiger partial charge is 0.0976 e. The molecule has 0 unspecified atom stereocenters. The molecule has 0 N–H and O–H groups in total. The predicted octanol–water partition coefficient (Wildman–Crippen LogP) is 4.41. The average molecular weight is 305 g/mol. The van der Waals surface area contributed by atoms with Crippen molar-refractivity contribution in [2.75, 3.05) is 6.16 Å². The Morgan fingerprint density at radius 2 is 1.50 bits per heavy atom. The standard InChI is InChI=1S/C12H23P.Pd/c1-6-7-8-9-10-13(11(2)3)12(4)5;/h6-9,11-12H,10H2,1-5H3;. The smallest absolute Gasteiger partial charge is 0 e. The maximum absolute atomic E-state index is 2.34. The molecule has 0 saturated heterocycles. The molecule has 0 spiro atoms. The molecule has 0 amide bonds. The van der Waals surface area contributed by atoms with Crippen molar-refractivity contribution in [1.82, 2.24) is 0 Å². The minimum Gasteiger partial charge on any atom is -0.0976 e. The summed E-state index contributed by atoms with van der Waals surface area (Å²) in [6.07, 6.45) is 9.93. The van der Waals surface area contributed by atoms with Crippen LogP contribution < -0.4 is 0 Å². The van der Waals surface area contributed by atoms with Gasteiger partial charge in [-0.1, -0.05) is 59.9 Å². The SMILES string of the molecule is CC=CC=CCP(C(C)C)C(C)C.[Pd]. The van der Waals surface area contributed by atoms with E-state index in [1.165, 1.54) is 6.16 Å². The monoisotopic (exact) mass is 304 g/mol. The third-order valence-electron chi connectivity index (χ3n) is 2.08. The fraction of sp³-hybridized carbons (Fsp3) is 0.667. The topological polar surface area (TPSA) is 0 Å². The summed E-state index contributed by atoms with van der Waals surface area (Å²) < 4.78 is 0. The summed E-state index contributed by atoms with van der Waals surface area (Å²) >= 11 is 0. The Kier molecular flexibility index (Phi) is 12.3. The van der Waals surface area contributed by atoms with Crippen LogP contribution in [0.4, 0.5) is 0 Å². The third kappa shape index (κ3) is 7.93. The summed E-state index contributed by atoms with van der Waals surface area (Å²) in [4.78, 5) is 0. The Bertz CT molecular complexity index is 163. The average Bonchev–Trinajstić information content (AvgIpc) is 2.02. The quantitative estimate of drug-likeness (QED) is 0.401. The normalized spacial score (nSPS) is 12.3. The molecule has 2 heteroatoms. The first kappa shape index (κ1) is 17.0. The summed E-state index contributed by atoms with van der Waals surface area (Å²) in [5.41, 5.74) is 1.70. The van der Waals surface area contributed by atoms with Gasteiger partial charge in [0.2, 0.25) is 0 Å². The van der Waals surface area contributed by atoms with E-state index in [1.54, 1.807) is 0 Å². The Morgan fingerprint density at radius 3 is 1.86 bits per heavy atom. The second-order valence-corrected chi connectivity index (χ2v) is 7.30. The summed E-state index contributed by atoms with van der Waals surface area (Å²) in [7, 11) is 0.184. The molecule has 0 nitrogen and oxygen atoms in total. The molecule has 0 fully saturated rings. The van der Waals surface area contributed by atoms with Gasteiger partial charge < -0.3 is 0 Å². The Labute approximate surface area is 105 Å². The van der Waals surface area contributed by atoms with Gasteiger partial charge in [0, 0.05) is 20.4 Å². The summed E-state index contributed by atoms with van der Waals surface area (Å²) in [5.74, 6) is 0. The van der Waals surface area contributed by atoms with Crippen LogP contribution in [0.1, 0.15) is 34.6 Å². The molecule has 0 aliphatic heterocycles. The van der Waals surface area contributed by atoms with Gasteiger partial charge in [-0.2, -0.15) is 0 Å². The molecule has 86 valence electrons. The van der Waals surface area contributed by atoms with E-state index >= 15 is 0 Å². The number of rotatable bonds is 5. The van der Waals surface area contributed by atoms with Crippen LogP contribution in [0.25, 0.3) is 0 Å². The molecule has 0 aromatic rings. The second kappa shape index (κ2) is 10.1. The van der Waals surface area contributed by atoms with Crippen LogP contribution >= 0.6 is 7.92 Å². The molecule has 0 rings (SSSR count). The van der Waals surface area contributed by atoms with E-state index in [9.17, 15) is 0 Å². The van der Waals surface area contributed by atoms with Crippen molar-refractivity contribution >= 4 is 7.92 Å². The number of allylic oxidation sites excluding steroid dienone is 4. The molecule has 0 aromatic carbocycles. The minimum absolute atomic E-state index is 0. The van der Waals surface area contributed by atoms with E-state index < -0.39 is 0 Å². The molecule has 0 bridgehead atoms. The molecule has 0 aliphatic rings. The van der Waals surface area contributed by atoms with Crippen LogP contribution in [0.15, 0.2) is 24.3 Å². The van der Waals surface area contributed by atoms with Gasteiger partial charge in [0.25, 0.3) is 0 Å². The van der Waals surface area contributed by atoms with Crippen LogP contribution in [0.2, 0.25) is 0 Å². The maximum Gasteiger partial charge on any atom is 0 e. The first-order chi connectivity index (χ1) is 6.09. The summed E-state index contributed by atoms with van der Waals surface area (Å²) in [6.45, 7) is 11.4. The minimum atomic E-state index is 0. The van der Waals surface area contributed by atoms with Gasteiger partial charge in [-0.15, -0.1) is 0 Å². The van der Waals surface area contributed by atoms with Crippen molar-refractivity contribution in [3.8, 4) is 0 Å². The molecule has 0 radical (unpaired) electrons. The van der Waals surface area contributed by atoms with E-state index in [1.807, 2.05) is 0 Å². The van der Waals surface area contributed by atoms with Crippen molar-refractivity contribution in [2.24, 2.45) is 0 Å². The van der Waals surface area contributed by atoms with Gasteiger partial charge in [-0.05, 0) is 24.4 Å². The second-order valence-electron chi connectivity index (χ2n) is 3.84. The molecule has 0 atom stereocenters. The number of hydrogen-bond donors (Lipinski definition) is 0. The zero-order chi connectivity index (χ0) is 10.3. The summed E-state index contributed by atoms with van der Waals surface area (Å²) in [6, 6.07) is 0. The van der Waals surface area contributed by atoms with Gasteiger partial charge in [0.15, 0.2) is 0 Å². The predicted molar refractivity (Wildman–Crippen MR) is 66.0 cm³/mol. The molecular weight excluding hydrogens is 282 g/mol. The maximum atomic E-state index is 2.34. The van der Waals surface area contributed by atoms with Gasteiger partial charge in [-0.3, -0.25) is 0 Å². The first-order valence-corrected chi connectivity index (χ1v) is 6.79. The fourth-order valence-corrected chi connectivity index (χ4v) is 3.79. The molecule has 14 heavy (non-hydrogen) atoms. The van der Waals surface area contributed by atoms with Gasteiger partial charge in [-0.25, -0.2) is 0 Å². The zero-order valence-corrected chi connectivity index (χ0v) is 12.4. The Hall–Kier alpha value is 0.572. The molecule has 0 aliphatic carbocycles. The van der Waals surface area contributed by atoms with Gasteiger partial charge in [0.05, 0.1) is 0 Å². The van der Waals surface area contributed by atoms with Crippen molar-refractivity contribution in [3.63, 3.8) is 0 Å². The molecule has 0 aromatic heterocycles. The van der Waals surface area contributed by atoms with Gasteiger partial charge >= 0.3 is 0 Å². The van der Waals surface area contributed by atoms with E-state index in [0.29, 0.717) is 0 Å². The van der Waals surface area contributed by atoms with Crippen molar-refractivity contribution in [2.45, 2.75) is 45.9 Å².